The highest BCUT2D eigenvalue weighted by Crippen LogP contribution is 2.32. The lowest BCUT2D eigenvalue weighted by Gasteiger charge is -2.20. The molecule has 2 aromatic rings. The van der Waals surface area contributed by atoms with E-state index in [9.17, 15) is 19.7 Å². The molecular weight excluding hydrogens is 366 g/mol. The van der Waals surface area contributed by atoms with Gasteiger partial charge >= 0.3 is 5.69 Å². The molecule has 1 heterocycles. The second-order valence-corrected chi connectivity index (χ2v) is 6.09. The van der Waals surface area contributed by atoms with Gasteiger partial charge in [0.1, 0.15) is 5.75 Å². The number of para-hydroxylation sites is 2. The summed E-state index contributed by atoms with van der Waals surface area (Å²) in [6.45, 7) is 0.176. The topological polar surface area (TPSA) is 111 Å². The van der Waals surface area contributed by atoms with Gasteiger partial charge in [-0.2, -0.15) is 0 Å². The number of nitro groups is 1. The van der Waals surface area contributed by atoms with E-state index in [1.807, 2.05) is 0 Å². The monoisotopic (exact) mass is 385 g/mol. The normalized spacial score (nSPS) is 13.3. The van der Waals surface area contributed by atoms with Crippen LogP contribution in [-0.4, -0.2) is 37.0 Å². The molecule has 2 amide bonds. The van der Waals surface area contributed by atoms with E-state index in [-0.39, 0.29) is 17.3 Å². The van der Waals surface area contributed by atoms with Crippen molar-refractivity contribution in [3.8, 4) is 11.5 Å². The number of amides is 2. The molecular formula is C19H19N3O6. The predicted octanol–water partition coefficient (Wildman–Crippen LogP) is 2.75. The first-order chi connectivity index (χ1) is 13.5. The van der Waals surface area contributed by atoms with Crippen LogP contribution in [-0.2, 0) is 9.59 Å². The first-order valence-electron chi connectivity index (χ1n) is 8.64. The zero-order valence-electron chi connectivity index (χ0n) is 15.2. The minimum absolute atomic E-state index is 0.00630. The Morgan fingerprint density at radius 1 is 1.29 bits per heavy atom. The fraction of sp³-hybridized carbons (Fsp3) is 0.263. The lowest BCUT2D eigenvalue weighted by atomic mass is 10.2. The first-order valence-corrected chi connectivity index (χ1v) is 8.64. The van der Waals surface area contributed by atoms with Gasteiger partial charge in [-0.25, -0.2) is 0 Å². The summed E-state index contributed by atoms with van der Waals surface area (Å²) < 4.78 is 10.3. The fourth-order valence-corrected chi connectivity index (χ4v) is 2.94. The molecule has 1 aliphatic heterocycles. The van der Waals surface area contributed by atoms with E-state index in [2.05, 4.69) is 5.32 Å². The van der Waals surface area contributed by atoms with Crippen molar-refractivity contribution in [3.63, 3.8) is 0 Å². The number of anilines is 2. The molecule has 0 atom stereocenters. The number of carbonyl (C=O) groups is 2. The van der Waals surface area contributed by atoms with Gasteiger partial charge < -0.3 is 19.7 Å². The quantitative estimate of drug-likeness (QED) is 0.579. The van der Waals surface area contributed by atoms with Crippen LogP contribution in [0.25, 0.3) is 0 Å². The second kappa shape index (κ2) is 8.38. The fourth-order valence-electron chi connectivity index (χ4n) is 2.94. The molecule has 0 aromatic heterocycles. The lowest BCUT2D eigenvalue weighted by Crippen LogP contribution is -2.27. The minimum Gasteiger partial charge on any atom is -0.496 e. The number of carbonyl (C=O) groups excluding carboxylic acids is 2. The van der Waals surface area contributed by atoms with E-state index in [1.165, 1.54) is 25.3 Å². The second-order valence-electron chi connectivity index (χ2n) is 6.09. The van der Waals surface area contributed by atoms with Crippen LogP contribution in [0.15, 0.2) is 42.5 Å². The number of nitrogens with zero attached hydrogens (tertiary/aromatic N) is 2. The zero-order chi connectivity index (χ0) is 20.1. The zero-order valence-corrected chi connectivity index (χ0v) is 15.2. The largest absolute Gasteiger partial charge is 0.496 e. The highest BCUT2D eigenvalue weighted by Gasteiger charge is 2.24. The Morgan fingerprint density at radius 3 is 2.75 bits per heavy atom. The Bertz CT molecular complexity index is 914. The smallest absolute Gasteiger partial charge is 0.314 e. The number of nitro benzene ring substituents is 1. The van der Waals surface area contributed by atoms with Crippen LogP contribution in [0.4, 0.5) is 17.1 Å². The molecule has 1 saturated heterocycles. The maximum absolute atomic E-state index is 12.3. The summed E-state index contributed by atoms with van der Waals surface area (Å²) in [5.41, 5.74) is 0.805. The van der Waals surface area contributed by atoms with Gasteiger partial charge in [0.2, 0.25) is 5.91 Å². The van der Waals surface area contributed by atoms with Crippen LogP contribution in [0, 0.1) is 10.1 Å². The molecule has 2 aromatic carbocycles. The average molecular weight is 385 g/mol. The highest BCUT2D eigenvalue weighted by molar-refractivity contribution is 6.02. The van der Waals surface area contributed by atoms with Crippen molar-refractivity contribution in [3.05, 3.63) is 52.6 Å². The van der Waals surface area contributed by atoms with Crippen molar-refractivity contribution in [2.45, 2.75) is 12.8 Å². The molecule has 0 radical (unpaired) electrons. The highest BCUT2D eigenvalue weighted by atomic mass is 16.6. The third kappa shape index (κ3) is 4.20. The van der Waals surface area contributed by atoms with Gasteiger partial charge in [0.15, 0.2) is 12.4 Å². The van der Waals surface area contributed by atoms with E-state index in [0.717, 1.165) is 6.42 Å². The number of hydrogen-bond donors (Lipinski definition) is 1. The van der Waals surface area contributed by atoms with Crippen molar-refractivity contribution >= 4 is 28.9 Å². The number of hydrogen-bond acceptors (Lipinski definition) is 6. The van der Waals surface area contributed by atoms with Crippen LogP contribution in [0.3, 0.4) is 0 Å². The SMILES string of the molecule is COc1ccc(OCC(=O)Nc2ccccc2N2CCCC2=O)c([N+](=O)[O-])c1. The Balaban J connectivity index is 1.69. The van der Waals surface area contributed by atoms with Crippen molar-refractivity contribution in [1.82, 2.24) is 0 Å². The van der Waals surface area contributed by atoms with Crippen LogP contribution in [0.2, 0.25) is 0 Å². The summed E-state index contributed by atoms with van der Waals surface area (Å²) in [5.74, 6) is -0.215. The van der Waals surface area contributed by atoms with Gasteiger partial charge in [-0.1, -0.05) is 12.1 Å². The summed E-state index contributed by atoms with van der Waals surface area (Å²) in [6, 6.07) is 11.1. The lowest BCUT2D eigenvalue weighted by molar-refractivity contribution is -0.385. The summed E-state index contributed by atoms with van der Waals surface area (Å²) in [4.78, 5) is 36.5. The van der Waals surface area contributed by atoms with E-state index in [4.69, 9.17) is 9.47 Å². The Kier molecular flexibility index (Phi) is 5.73. The summed E-state index contributed by atoms with van der Waals surface area (Å²) in [6.07, 6.45) is 1.25. The van der Waals surface area contributed by atoms with E-state index >= 15 is 0 Å². The Labute approximate surface area is 161 Å². The molecule has 3 rings (SSSR count). The van der Waals surface area contributed by atoms with Crippen molar-refractivity contribution in [2.24, 2.45) is 0 Å². The molecule has 1 aliphatic rings. The van der Waals surface area contributed by atoms with Gasteiger partial charge in [-0.15, -0.1) is 0 Å². The Hall–Kier alpha value is -3.62. The Morgan fingerprint density at radius 2 is 2.07 bits per heavy atom. The van der Waals surface area contributed by atoms with Crippen LogP contribution in [0.5, 0.6) is 11.5 Å². The van der Waals surface area contributed by atoms with Gasteiger partial charge in [-0.3, -0.25) is 19.7 Å². The number of rotatable bonds is 7. The molecule has 28 heavy (non-hydrogen) atoms. The van der Waals surface area contributed by atoms with Gasteiger partial charge in [0.05, 0.1) is 29.5 Å². The van der Waals surface area contributed by atoms with Crippen molar-refractivity contribution in [1.29, 1.82) is 0 Å². The number of methoxy groups -OCH3 is 1. The van der Waals surface area contributed by atoms with Crippen molar-refractivity contribution in [2.75, 3.05) is 30.5 Å². The third-order valence-corrected chi connectivity index (χ3v) is 4.26. The number of benzene rings is 2. The summed E-state index contributed by atoms with van der Waals surface area (Å²) >= 11 is 0. The van der Waals surface area contributed by atoms with Crippen LogP contribution < -0.4 is 19.7 Å². The predicted molar refractivity (Wildman–Crippen MR) is 102 cm³/mol. The van der Waals surface area contributed by atoms with E-state index in [1.54, 1.807) is 29.2 Å². The molecule has 1 N–H and O–H groups in total. The molecule has 146 valence electrons. The molecule has 0 spiro atoms. The minimum atomic E-state index is -0.607. The maximum atomic E-state index is 12.3. The molecule has 0 aliphatic carbocycles. The van der Waals surface area contributed by atoms with E-state index in [0.29, 0.717) is 30.1 Å². The molecule has 9 heteroatoms. The van der Waals surface area contributed by atoms with E-state index < -0.39 is 17.4 Å². The molecule has 9 nitrogen and oxygen atoms in total. The van der Waals surface area contributed by atoms with Gasteiger partial charge in [-0.05, 0) is 30.7 Å². The number of nitrogens with one attached hydrogen (secondary N) is 1. The summed E-state index contributed by atoms with van der Waals surface area (Å²) in [5, 5.41) is 13.9. The number of ether oxygens (including phenoxy) is 2. The first kappa shape index (κ1) is 19.2. The molecule has 0 bridgehead atoms. The average Bonchev–Trinajstić information content (AvgIpc) is 3.12. The molecule has 0 unspecified atom stereocenters. The molecule has 1 fully saturated rings. The van der Waals surface area contributed by atoms with Crippen molar-refractivity contribution < 1.29 is 24.0 Å². The third-order valence-electron chi connectivity index (χ3n) is 4.26. The maximum Gasteiger partial charge on any atom is 0.314 e. The van der Waals surface area contributed by atoms with Crippen LogP contribution in [0.1, 0.15) is 12.8 Å². The van der Waals surface area contributed by atoms with Crippen LogP contribution >= 0.6 is 0 Å². The standard InChI is InChI=1S/C19H19N3O6/c1-27-13-8-9-17(16(11-13)22(25)26)28-12-18(23)20-14-5-2-3-6-15(14)21-10-4-7-19(21)24/h2-3,5-6,8-9,11H,4,7,10,12H2,1H3,(H,20,23). The van der Waals surface area contributed by atoms with Gasteiger partial charge in [0.25, 0.3) is 5.91 Å². The molecule has 0 saturated carbocycles. The summed E-state index contributed by atoms with van der Waals surface area (Å²) in [7, 11) is 1.40. The van der Waals surface area contributed by atoms with Gasteiger partial charge in [0, 0.05) is 13.0 Å².